The predicted molar refractivity (Wildman–Crippen MR) is 155 cm³/mol. The van der Waals surface area contributed by atoms with Gasteiger partial charge in [-0.3, -0.25) is 25.2 Å². The van der Waals surface area contributed by atoms with Crippen molar-refractivity contribution in [1.29, 1.82) is 0 Å². The molecule has 4 aromatic rings. The van der Waals surface area contributed by atoms with E-state index < -0.39 is 23.4 Å². The summed E-state index contributed by atoms with van der Waals surface area (Å²) in [5, 5.41) is 14.4. The van der Waals surface area contributed by atoms with Crippen molar-refractivity contribution < 1.29 is 28.7 Å². The number of pyridine rings is 1. The highest BCUT2D eigenvalue weighted by atomic mass is 32.1. The van der Waals surface area contributed by atoms with Crippen molar-refractivity contribution in [3.8, 4) is 11.6 Å². The van der Waals surface area contributed by atoms with Gasteiger partial charge in [-0.05, 0) is 44.4 Å². The number of likely N-dealkylation sites (tertiary alicyclic amines) is 1. The van der Waals surface area contributed by atoms with Gasteiger partial charge in [0.15, 0.2) is 0 Å². The van der Waals surface area contributed by atoms with Crippen LogP contribution in [0.4, 0.5) is 4.79 Å². The Morgan fingerprint density at radius 1 is 1.14 bits per heavy atom. The number of amides is 4. The Labute approximate surface area is 250 Å². The van der Waals surface area contributed by atoms with Crippen LogP contribution >= 0.6 is 11.3 Å². The zero-order valence-electron chi connectivity index (χ0n) is 23.4. The van der Waals surface area contributed by atoms with Crippen LogP contribution in [-0.4, -0.2) is 60.9 Å². The number of nitrogens with zero attached hydrogens (tertiary/aromatic N) is 4. The van der Waals surface area contributed by atoms with Crippen LogP contribution in [0.5, 0.6) is 0 Å². The van der Waals surface area contributed by atoms with Crippen molar-refractivity contribution in [2.45, 2.75) is 44.7 Å². The van der Waals surface area contributed by atoms with Crippen molar-refractivity contribution in [1.82, 2.24) is 36.0 Å². The van der Waals surface area contributed by atoms with Gasteiger partial charge in [0.05, 0.1) is 12.2 Å². The molecule has 0 saturated carbocycles. The van der Waals surface area contributed by atoms with Gasteiger partial charge in [0.2, 0.25) is 5.89 Å². The Morgan fingerprint density at radius 2 is 1.93 bits per heavy atom. The maximum atomic E-state index is 13.8. The molecule has 4 amide bonds. The topological polar surface area (TPSA) is 180 Å². The van der Waals surface area contributed by atoms with Gasteiger partial charge in [0.1, 0.15) is 28.2 Å². The number of hydrogen-bond donors (Lipinski definition) is 4. The quantitative estimate of drug-likeness (QED) is 0.219. The zero-order valence-corrected chi connectivity index (χ0v) is 24.2. The highest BCUT2D eigenvalue weighted by Crippen LogP contribution is 2.35. The Morgan fingerprint density at radius 3 is 2.60 bits per heavy atom. The predicted octanol–water partition coefficient (Wildman–Crippen LogP) is 3.51. The second-order valence-electron chi connectivity index (χ2n) is 10.3. The summed E-state index contributed by atoms with van der Waals surface area (Å²) >= 11 is 1.50. The van der Waals surface area contributed by atoms with E-state index in [0.29, 0.717) is 12.1 Å². The van der Waals surface area contributed by atoms with Crippen LogP contribution in [-0.2, 0) is 11.2 Å². The Kier molecular flexibility index (Phi) is 8.48. The molecule has 1 aliphatic rings. The van der Waals surface area contributed by atoms with E-state index in [2.05, 4.69) is 31.1 Å². The van der Waals surface area contributed by atoms with Crippen LogP contribution in [0.3, 0.4) is 0 Å². The van der Waals surface area contributed by atoms with Crippen molar-refractivity contribution in [2.24, 2.45) is 0 Å². The fraction of sp³-hybridized carbons (Fsp3) is 0.276. The molecule has 13 nitrogen and oxygen atoms in total. The molecule has 0 radical (unpaired) electrons. The first-order valence-electron chi connectivity index (χ1n) is 13.4. The molecule has 222 valence electrons. The highest BCUT2D eigenvalue weighted by Gasteiger charge is 2.36. The lowest BCUT2D eigenvalue weighted by Crippen LogP contribution is -2.61. The van der Waals surface area contributed by atoms with Crippen LogP contribution in [0.2, 0.25) is 0 Å². The molecule has 0 spiro atoms. The average Bonchev–Trinajstić information content (AvgIpc) is 3.77. The van der Waals surface area contributed by atoms with Crippen molar-refractivity contribution in [2.75, 3.05) is 6.54 Å². The Hall–Kier alpha value is -5.11. The first-order valence-corrected chi connectivity index (χ1v) is 14.3. The van der Waals surface area contributed by atoms with Gasteiger partial charge >= 0.3 is 6.09 Å². The van der Waals surface area contributed by atoms with Gasteiger partial charge < -0.3 is 19.7 Å². The van der Waals surface area contributed by atoms with E-state index in [1.807, 2.05) is 12.3 Å². The van der Waals surface area contributed by atoms with Crippen LogP contribution in [0.25, 0.3) is 11.6 Å². The minimum atomic E-state index is -1.62. The summed E-state index contributed by atoms with van der Waals surface area (Å²) in [5.41, 5.74) is 4.70. The van der Waals surface area contributed by atoms with Crippen molar-refractivity contribution in [3.05, 3.63) is 87.8 Å². The number of benzene rings is 1. The van der Waals surface area contributed by atoms with Gasteiger partial charge in [0.25, 0.3) is 17.7 Å². The summed E-state index contributed by atoms with van der Waals surface area (Å²) in [7, 11) is 0. The van der Waals surface area contributed by atoms with Crippen LogP contribution in [0, 0.1) is 6.92 Å². The van der Waals surface area contributed by atoms with E-state index in [0.717, 1.165) is 23.5 Å². The number of carboxylic acid groups (broad SMARTS) is 1. The number of nitrogens with one attached hydrogen (secondary N) is 3. The molecule has 0 unspecified atom stereocenters. The number of carbonyl (C=O) groups is 4. The molecule has 4 N–H and O–H groups in total. The first kappa shape index (κ1) is 29.4. The number of hydrogen-bond acceptors (Lipinski definition) is 9. The maximum Gasteiger partial charge on any atom is 0.405 e. The molecule has 14 heteroatoms. The number of rotatable bonds is 8. The lowest BCUT2D eigenvalue weighted by atomic mass is 9.92. The van der Waals surface area contributed by atoms with E-state index >= 15 is 0 Å². The van der Waals surface area contributed by atoms with E-state index in [9.17, 15) is 24.3 Å². The van der Waals surface area contributed by atoms with Gasteiger partial charge in [-0.25, -0.2) is 19.7 Å². The summed E-state index contributed by atoms with van der Waals surface area (Å²) in [5.74, 6) is -1.85. The summed E-state index contributed by atoms with van der Waals surface area (Å²) in [4.78, 5) is 66.4. The third kappa shape index (κ3) is 6.70. The number of aromatic nitrogens is 3. The van der Waals surface area contributed by atoms with E-state index in [1.165, 1.54) is 42.9 Å². The molecule has 5 rings (SSSR count). The Balaban J connectivity index is 1.38. The molecule has 2 atom stereocenters. The molecule has 1 fully saturated rings. The zero-order chi connectivity index (χ0) is 30.6. The number of hydrazine groups is 1. The number of aryl methyl sites for hydroxylation is 1. The van der Waals surface area contributed by atoms with E-state index in [1.54, 1.807) is 35.2 Å². The molecule has 3 aromatic heterocycles. The fourth-order valence-corrected chi connectivity index (χ4v) is 5.87. The number of thiazole rings is 1. The Bertz CT molecular complexity index is 1640. The molecular weight excluding hydrogens is 574 g/mol. The maximum absolute atomic E-state index is 13.8. The summed E-state index contributed by atoms with van der Waals surface area (Å²) < 4.78 is 5.37. The lowest BCUT2D eigenvalue weighted by Gasteiger charge is -2.28. The second kappa shape index (κ2) is 12.4. The number of carbonyl (C=O) groups excluding carboxylic acids is 3. The molecule has 1 saturated heterocycles. The molecule has 1 aromatic carbocycles. The molecule has 0 bridgehead atoms. The smallest absolute Gasteiger partial charge is 0.405 e. The molecule has 0 aliphatic carbocycles. The minimum Gasteiger partial charge on any atom is -0.465 e. The highest BCUT2D eigenvalue weighted by molar-refractivity contribution is 7.09. The van der Waals surface area contributed by atoms with E-state index in [4.69, 9.17) is 4.42 Å². The van der Waals surface area contributed by atoms with E-state index in [-0.39, 0.29) is 41.2 Å². The SMILES string of the molecule is Cc1csc([C@H]2CCCN2C(=O)c2cc(C(=O)NNC(=O)[C@@](C)(Cc3ccccc3)NC(=O)O)nc(-c3ncco3)c2)n1. The fourth-order valence-electron chi connectivity index (χ4n) is 4.92. The van der Waals surface area contributed by atoms with Crippen LogP contribution in [0.15, 0.2) is 64.7 Å². The average molecular weight is 604 g/mol. The van der Waals surface area contributed by atoms with Gasteiger partial charge in [-0.2, -0.15) is 0 Å². The third-order valence-electron chi connectivity index (χ3n) is 6.97. The van der Waals surface area contributed by atoms with Gasteiger partial charge in [-0.15, -0.1) is 11.3 Å². The molecular formula is C29H29N7O6S. The van der Waals surface area contributed by atoms with Gasteiger partial charge in [-0.1, -0.05) is 30.3 Å². The molecule has 43 heavy (non-hydrogen) atoms. The summed E-state index contributed by atoms with van der Waals surface area (Å²) in [6, 6.07) is 11.5. The summed E-state index contributed by atoms with van der Waals surface area (Å²) in [6.07, 6.45) is 2.94. The lowest BCUT2D eigenvalue weighted by molar-refractivity contribution is -0.127. The monoisotopic (exact) mass is 603 g/mol. The van der Waals surface area contributed by atoms with Crippen LogP contribution in [0.1, 0.15) is 62.9 Å². The normalized spacial score (nSPS) is 15.9. The summed E-state index contributed by atoms with van der Waals surface area (Å²) in [6.45, 7) is 3.83. The minimum absolute atomic E-state index is 0.0218. The van der Waals surface area contributed by atoms with Crippen LogP contribution < -0.4 is 16.2 Å². The molecule has 1 aliphatic heterocycles. The second-order valence-corrected chi connectivity index (χ2v) is 11.2. The molecule has 4 heterocycles. The third-order valence-corrected chi connectivity index (χ3v) is 8.03. The van der Waals surface area contributed by atoms with Crippen molar-refractivity contribution >= 4 is 35.2 Å². The largest absolute Gasteiger partial charge is 0.465 e. The first-order chi connectivity index (χ1) is 20.6. The van der Waals surface area contributed by atoms with Crippen molar-refractivity contribution in [3.63, 3.8) is 0 Å². The number of oxazole rings is 1. The van der Waals surface area contributed by atoms with Gasteiger partial charge in [0, 0.05) is 29.6 Å². The standard InChI is InChI=1S/C29H29N7O6S/c1-17-16-43-25(31-17)22-9-6-11-36(22)26(38)19-13-20(32-21(14-19)24-30-10-12-42-24)23(37)34-35-27(39)29(2,33-28(40)41)15-18-7-4-3-5-8-18/h3-5,7-8,10,12-14,16,22,33H,6,9,11,15H2,1-2H3,(H,34,37)(H,35,39)(H,40,41)/t22-,29-/m1/s1.